The fourth-order valence-corrected chi connectivity index (χ4v) is 2.41. The Balaban J connectivity index is 1.81. The smallest absolute Gasteiger partial charge is 0.142 e. The van der Waals surface area contributed by atoms with Gasteiger partial charge < -0.3 is 14.5 Å². The number of ether oxygens (including phenoxy) is 1. The number of fused-ring (bicyclic) bond motifs is 1. The van der Waals surface area contributed by atoms with Crippen molar-refractivity contribution in [3.63, 3.8) is 0 Å². The minimum absolute atomic E-state index is 0.659. The van der Waals surface area contributed by atoms with E-state index in [4.69, 9.17) is 9.15 Å². The summed E-state index contributed by atoms with van der Waals surface area (Å²) in [5, 5.41) is 4.58. The van der Waals surface area contributed by atoms with Gasteiger partial charge in [0.15, 0.2) is 0 Å². The summed E-state index contributed by atoms with van der Waals surface area (Å²) in [6.07, 6.45) is 1.81. The summed E-state index contributed by atoms with van der Waals surface area (Å²) in [6, 6.07) is 14.3. The van der Waals surface area contributed by atoms with Crippen LogP contribution in [0.2, 0.25) is 0 Å². The Kier molecular flexibility index (Phi) is 3.82. The van der Waals surface area contributed by atoms with Crippen molar-refractivity contribution in [1.82, 2.24) is 0 Å². The molecular formula is C18H19NO2. The fraction of sp³-hybridized carbons (Fsp3) is 0.222. The number of hydrogen-bond acceptors (Lipinski definition) is 3. The van der Waals surface area contributed by atoms with Crippen LogP contribution in [0.4, 0.5) is 5.69 Å². The second-order valence-electron chi connectivity index (χ2n) is 5.04. The second-order valence-corrected chi connectivity index (χ2v) is 5.04. The van der Waals surface area contributed by atoms with E-state index in [2.05, 4.69) is 36.5 Å². The van der Waals surface area contributed by atoms with Gasteiger partial charge in [-0.05, 0) is 37.6 Å². The summed E-state index contributed by atoms with van der Waals surface area (Å²) in [5.41, 5.74) is 4.27. The van der Waals surface area contributed by atoms with E-state index in [0.29, 0.717) is 13.2 Å². The molecule has 2 aromatic carbocycles. The number of furan rings is 1. The predicted molar refractivity (Wildman–Crippen MR) is 85.9 cm³/mol. The summed E-state index contributed by atoms with van der Waals surface area (Å²) in [6.45, 7) is 5.43. The highest BCUT2D eigenvalue weighted by molar-refractivity contribution is 5.81. The zero-order valence-electron chi connectivity index (χ0n) is 12.3. The Hall–Kier alpha value is -2.42. The quantitative estimate of drug-likeness (QED) is 0.732. The SMILES string of the molecule is CCOc1cc(C)ccc1NCc1coc2ccccc12. The number of anilines is 1. The molecule has 0 radical (unpaired) electrons. The molecule has 0 aliphatic carbocycles. The molecule has 1 aromatic heterocycles. The van der Waals surface area contributed by atoms with Gasteiger partial charge in [0.25, 0.3) is 0 Å². The molecule has 0 atom stereocenters. The van der Waals surface area contributed by atoms with Crippen molar-refractivity contribution in [2.24, 2.45) is 0 Å². The van der Waals surface area contributed by atoms with E-state index in [1.807, 2.05) is 31.4 Å². The number of benzene rings is 2. The standard InChI is InChI=1S/C18H19NO2/c1-3-20-18-10-13(2)8-9-16(18)19-11-14-12-21-17-7-5-4-6-15(14)17/h4-10,12,19H,3,11H2,1-2H3. The van der Waals surface area contributed by atoms with Crippen molar-refractivity contribution in [3.05, 3.63) is 59.9 Å². The van der Waals surface area contributed by atoms with E-state index in [1.54, 1.807) is 0 Å². The summed E-state index contributed by atoms with van der Waals surface area (Å²) in [5.74, 6) is 0.894. The zero-order chi connectivity index (χ0) is 14.7. The topological polar surface area (TPSA) is 34.4 Å². The van der Waals surface area contributed by atoms with Gasteiger partial charge in [0.05, 0.1) is 18.6 Å². The molecule has 3 heteroatoms. The first-order valence-electron chi connectivity index (χ1n) is 7.20. The highest BCUT2D eigenvalue weighted by Gasteiger charge is 2.07. The lowest BCUT2D eigenvalue weighted by Crippen LogP contribution is -2.02. The normalized spacial score (nSPS) is 10.8. The third kappa shape index (κ3) is 2.87. The molecule has 3 rings (SSSR count). The Morgan fingerprint density at radius 1 is 1.14 bits per heavy atom. The number of rotatable bonds is 5. The van der Waals surface area contributed by atoms with E-state index in [9.17, 15) is 0 Å². The average Bonchev–Trinajstić information content (AvgIpc) is 2.90. The molecule has 3 aromatic rings. The van der Waals surface area contributed by atoms with Gasteiger partial charge >= 0.3 is 0 Å². The van der Waals surface area contributed by atoms with E-state index >= 15 is 0 Å². The van der Waals surface area contributed by atoms with Crippen LogP contribution in [-0.4, -0.2) is 6.61 Å². The maximum Gasteiger partial charge on any atom is 0.142 e. The Labute approximate surface area is 124 Å². The van der Waals surface area contributed by atoms with Crippen molar-refractivity contribution in [1.29, 1.82) is 0 Å². The van der Waals surface area contributed by atoms with Gasteiger partial charge in [-0.15, -0.1) is 0 Å². The van der Waals surface area contributed by atoms with Crippen LogP contribution in [-0.2, 0) is 6.54 Å². The molecule has 0 unspecified atom stereocenters. The first-order valence-corrected chi connectivity index (χ1v) is 7.20. The van der Waals surface area contributed by atoms with Crippen LogP contribution in [0.25, 0.3) is 11.0 Å². The van der Waals surface area contributed by atoms with Crippen molar-refractivity contribution in [3.8, 4) is 5.75 Å². The molecule has 1 N–H and O–H groups in total. The maximum absolute atomic E-state index is 5.69. The largest absolute Gasteiger partial charge is 0.492 e. The number of aryl methyl sites for hydroxylation is 1. The fourth-order valence-electron chi connectivity index (χ4n) is 2.41. The van der Waals surface area contributed by atoms with Crippen molar-refractivity contribution in [2.75, 3.05) is 11.9 Å². The third-order valence-corrected chi connectivity index (χ3v) is 3.47. The maximum atomic E-state index is 5.69. The van der Waals surface area contributed by atoms with Gasteiger partial charge in [0, 0.05) is 17.5 Å². The summed E-state index contributed by atoms with van der Waals surface area (Å²) >= 11 is 0. The minimum Gasteiger partial charge on any atom is -0.492 e. The summed E-state index contributed by atoms with van der Waals surface area (Å²) in [7, 11) is 0. The highest BCUT2D eigenvalue weighted by Crippen LogP contribution is 2.27. The molecule has 0 saturated carbocycles. The van der Waals surface area contributed by atoms with Crippen molar-refractivity contribution < 1.29 is 9.15 Å². The van der Waals surface area contributed by atoms with Crippen LogP contribution in [0.3, 0.4) is 0 Å². The Morgan fingerprint density at radius 3 is 2.86 bits per heavy atom. The lowest BCUT2D eigenvalue weighted by Gasteiger charge is -2.12. The predicted octanol–water partition coefficient (Wildman–Crippen LogP) is 4.75. The minimum atomic E-state index is 0.659. The van der Waals surface area contributed by atoms with Crippen molar-refractivity contribution in [2.45, 2.75) is 20.4 Å². The van der Waals surface area contributed by atoms with Gasteiger partial charge in [-0.1, -0.05) is 24.3 Å². The monoisotopic (exact) mass is 281 g/mol. The average molecular weight is 281 g/mol. The Bertz CT molecular complexity index is 746. The first-order chi connectivity index (χ1) is 10.3. The molecule has 108 valence electrons. The molecule has 0 bridgehead atoms. The zero-order valence-corrected chi connectivity index (χ0v) is 12.3. The van der Waals surface area contributed by atoms with Gasteiger partial charge in [-0.25, -0.2) is 0 Å². The molecule has 3 nitrogen and oxygen atoms in total. The molecule has 0 fully saturated rings. The first kappa shape index (κ1) is 13.6. The van der Waals surface area contributed by atoms with Gasteiger partial charge in [-0.2, -0.15) is 0 Å². The molecule has 1 heterocycles. The van der Waals surface area contributed by atoms with Gasteiger partial charge in [0.1, 0.15) is 11.3 Å². The number of nitrogens with one attached hydrogen (secondary N) is 1. The summed E-state index contributed by atoms with van der Waals surface area (Å²) < 4.78 is 11.3. The third-order valence-electron chi connectivity index (χ3n) is 3.47. The highest BCUT2D eigenvalue weighted by atomic mass is 16.5. The van der Waals surface area contributed by atoms with Crippen LogP contribution in [0.1, 0.15) is 18.1 Å². The molecular weight excluding hydrogens is 262 g/mol. The van der Waals surface area contributed by atoms with Crippen LogP contribution in [0, 0.1) is 6.92 Å². The van der Waals surface area contributed by atoms with E-state index in [1.165, 1.54) is 5.56 Å². The van der Waals surface area contributed by atoms with Crippen LogP contribution < -0.4 is 10.1 Å². The molecule has 0 spiro atoms. The van der Waals surface area contributed by atoms with E-state index < -0.39 is 0 Å². The Morgan fingerprint density at radius 2 is 2.00 bits per heavy atom. The van der Waals surface area contributed by atoms with E-state index in [0.717, 1.165) is 28.0 Å². The van der Waals surface area contributed by atoms with Crippen LogP contribution >= 0.6 is 0 Å². The lowest BCUT2D eigenvalue weighted by molar-refractivity contribution is 0.341. The second kappa shape index (κ2) is 5.92. The molecule has 0 amide bonds. The molecule has 0 saturated heterocycles. The van der Waals surface area contributed by atoms with E-state index in [-0.39, 0.29) is 0 Å². The van der Waals surface area contributed by atoms with Crippen LogP contribution in [0.5, 0.6) is 5.75 Å². The summed E-state index contributed by atoms with van der Waals surface area (Å²) in [4.78, 5) is 0. The molecule has 0 aliphatic rings. The van der Waals surface area contributed by atoms with Gasteiger partial charge in [0.2, 0.25) is 0 Å². The molecule has 21 heavy (non-hydrogen) atoms. The van der Waals surface area contributed by atoms with Crippen LogP contribution in [0.15, 0.2) is 53.1 Å². The number of hydrogen-bond donors (Lipinski definition) is 1. The van der Waals surface area contributed by atoms with Crippen molar-refractivity contribution >= 4 is 16.7 Å². The molecule has 0 aliphatic heterocycles. The lowest BCUT2D eigenvalue weighted by atomic mass is 10.1. The number of para-hydroxylation sites is 1. The van der Waals surface area contributed by atoms with Gasteiger partial charge in [-0.3, -0.25) is 0 Å².